The molecule has 6 rings (SSSR count). The number of fused-ring (bicyclic) bond motifs is 2. The second-order valence-corrected chi connectivity index (χ2v) is 9.30. The highest BCUT2D eigenvalue weighted by molar-refractivity contribution is 5.80. The molecule has 5 saturated heterocycles. The first-order valence-corrected chi connectivity index (χ1v) is 11.0. The number of nitrogens with zero attached hydrogens (tertiary/aromatic N) is 3. The Hall–Kier alpha value is -1.59. The maximum Gasteiger partial charge on any atom is 0.226 e. The summed E-state index contributed by atoms with van der Waals surface area (Å²) in [6, 6.07) is 9.49. The molecular weight excluding hydrogens is 350 g/mol. The zero-order valence-corrected chi connectivity index (χ0v) is 17.2. The minimum absolute atomic E-state index is 0.224. The Balaban J connectivity index is 1.42. The van der Waals surface area contributed by atoms with Crippen LogP contribution in [0.3, 0.4) is 0 Å². The Bertz CT molecular complexity index is 705. The van der Waals surface area contributed by atoms with E-state index in [-0.39, 0.29) is 5.92 Å². The van der Waals surface area contributed by atoms with Crippen molar-refractivity contribution in [2.75, 3.05) is 46.9 Å². The van der Waals surface area contributed by atoms with E-state index in [9.17, 15) is 4.79 Å². The average molecular weight is 384 g/mol. The Morgan fingerprint density at radius 3 is 2.29 bits per heavy atom. The average Bonchev–Trinajstić information content (AvgIpc) is 3.17. The number of piperidine rings is 4. The van der Waals surface area contributed by atoms with Crippen molar-refractivity contribution in [2.24, 2.45) is 11.8 Å². The quantitative estimate of drug-likeness (QED) is 0.803. The first kappa shape index (κ1) is 18.4. The SMILES string of the molecule is COc1ccc([C@@H]2CN(C(=O)C3CCN(C)CC3)[C@@H]3C4CCN(CC4)[C@@H]32)cc1. The third-order valence-electron chi connectivity index (χ3n) is 7.89. The lowest BCUT2D eigenvalue weighted by atomic mass is 9.75. The van der Waals surface area contributed by atoms with Crippen molar-refractivity contribution in [1.29, 1.82) is 0 Å². The van der Waals surface area contributed by atoms with Gasteiger partial charge in [-0.3, -0.25) is 9.69 Å². The van der Waals surface area contributed by atoms with E-state index < -0.39 is 0 Å². The highest BCUT2D eigenvalue weighted by Gasteiger charge is 2.55. The first-order valence-electron chi connectivity index (χ1n) is 11.0. The van der Waals surface area contributed by atoms with Crippen LogP contribution in [-0.4, -0.2) is 79.6 Å². The van der Waals surface area contributed by atoms with E-state index in [1.54, 1.807) is 7.11 Å². The maximum absolute atomic E-state index is 13.6. The fraction of sp³-hybridized carbons (Fsp3) is 0.696. The molecule has 1 amide bonds. The smallest absolute Gasteiger partial charge is 0.226 e. The Kier molecular flexibility index (Phi) is 4.84. The molecular formula is C23H33N3O2. The third-order valence-corrected chi connectivity index (χ3v) is 7.89. The second-order valence-electron chi connectivity index (χ2n) is 9.30. The first-order chi connectivity index (χ1) is 13.7. The number of carbonyl (C=O) groups excluding carboxylic acids is 1. The highest BCUT2D eigenvalue weighted by Crippen LogP contribution is 2.47. The molecule has 0 radical (unpaired) electrons. The molecule has 5 fully saturated rings. The number of rotatable bonds is 3. The van der Waals surface area contributed by atoms with Crippen LogP contribution in [0.5, 0.6) is 5.75 Å². The third kappa shape index (κ3) is 3.03. The summed E-state index contributed by atoms with van der Waals surface area (Å²) in [5.74, 6) is 2.68. The van der Waals surface area contributed by atoms with Crippen molar-refractivity contribution in [3.8, 4) is 5.75 Å². The van der Waals surface area contributed by atoms with Crippen LogP contribution in [0.25, 0.3) is 0 Å². The zero-order chi connectivity index (χ0) is 19.3. The fourth-order valence-corrected chi connectivity index (χ4v) is 6.31. The molecule has 5 aliphatic heterocycles. The molecule has 5 heterocycles. The zero-order valence-electron chi connectivity index (χ0n) is 17.2. The molecule has 3 atom stereocenters. The number of likely N-dealkylation sites (tertiary alicyclic amines) is 2. The molecule has 5 heteroatoms. The molecule has 28 heavy (non-hydrogen) atoms. The number of benzene rings is 1. The minimum atomic E-state index is 0.224. The number of amides is 1. The molecule has 2 bridgehead atoms. The monoisotopic (exact) mass is 383 g/mol. The highest BCUT2D eigenvalue weighted by atomic mass is 16.5. The standard InChI is InChI=1S/C23H33N3O2/c1-24-11-7-18(8-12-24)23(27)26-15-20(16-3-5-19(28-2)6-4-16)22-21(26)17-9-13-25(22)14-10-17/h3-6,17-18,20-22H,7-15H2,1-2H3/t20-,21+,22+/m0/s1. The molecule has 5 nitrogen and oxygen atoms in total. The molecule has 1 aromatic carbocycles. The van der Waals surface area contributed by atoms with Crippen LogP contribution in [-0.2, 0) is 4.79 Å². The molecule has 0 spiro atoms. The van der Waals surface area contributed by atoms with Gasteiger partial charge in [0.1, 0.15) is 5.75 Å². The Morgan fingerprint density at radius 2 is 1.64 bits per heavy atom. The minimum Gasteiger partial charge on any atom is -0.497 e. The van der Waals surface area contributed by atoms with Gasteiger partial charge in [-0.25, -0.2) is 0 Å². The van der Waals surface area contributed by atoms with Crippen LogP contribution < -0.4 is 4.74 Å². The van der Waals surface area contributed by atoms with Crippen molar-refractivity contribution in [2.45, 2.75) is 43.7 Å². The van der Waals surface area contributed by atoms with Crippen LogP contribution in [0.4, 0.5) is 0 Å². The van der Waals surface area contributed by atoms with Gasteiger partial charge in [-0.15, -0.1) is 0 Å². The lowest BCUT2D eigenvalue weighted by Crippen LogP contribution is -2.61. The molecule has 0 N–H and O–H groups in total. The molecule has 0 unspecified atom stereocenters. The van der Waals surface area contributed by atoms with Gasteiger partial charge in [-0.05, 0) is 82.5 Å². The van der Waals surface area contributed by atoms with Crippen LogP contribution in [0.2, 0.25) is 0 Å². The van der Waals surface area contributed by atoms with Crippen LogP contribution in [0, 0.1) is 11.8 Å². The van der Waals surface area contributed by atoms with Crippen molar-refractivity contribution >= 4 is 5.91 Å². The number of carbonyl (C=O) groups is 1. The van der Waals surface area contributed by atoms with Crippen LogP contribution in [0.15, 0.2) is 24.3 Å². The topological polar surface area (TPSA) is 36.0 Å². The summed E-state index contributed by atoms with van der Waals surface area (Å²) >= 11 is 0. The van der Waals surface area contributed by atoms with Gasteiger partial charge in [-0.1, -0.05) is 12.1 Å². The van der Waals surface area contributed by atoms with Gasteiger partial charge in [0.25, 0.3) is 0 Å². The van der Waals surface area contributed by atoms with E-state index in [2.05, 4.69) is 46.0 Å². The van der Waals surface area contributed by atoms with E-state index in [0.717, 1.165) is 38.2 Å². The van der Waals surface area contributed by atoms with Gasteiger partial charge >= 0.3 is 0 Å². The normalized spacial score (nSPS) is 35.8. The maximum atomic E-state index is 13.6. The van der Waals surface area contributed by atoms with E-state index in [1.807, 2.05) is 0 Å². The number of hydrogen-bond donors (Lipinski definition) is 0. The van der Waals surface area contributed by atoms with Gasteiger partial charge in [0.15, 0.2) is 0 Å². The predicted molar refractivity (Wildman–Crippen MR) is 110 cm³/mol. The second kappa shape index (κ2) is 7.34. The molecule has 0 aliphatic carbocycles. The summed E-state index contributed by atoms with van der Waals surface area (Å²) in [6.45, 7) is 5.40. The molecule has 1 aromatic rings. The van der Waals surface area contributed by atoms with Gasteiger partial charge in [-0.2, -0.15) is 0 Å². The van der Waals surface area contributed by atoms with E-state index in [0.29, 0.717) is 29.8 Å². The summed E-state index contributed by atoms with van der Waals surface area (Å²) < 4.78 is 5.36. The summed E-state index contributed by atoms with van der Waals surface area (Å²) in [7, 11) is 3.88. The summed E-state index contributed by atoms with van der Waals surface area (Å²) in [4.78, 5) is 20.9. The van der Waals surface area contributed by atoms with Gasteiger partial charge in [0.2, 0.25) is 5.91 Å². The molecule has 5 aliphatic rings. The predicted octanol–water partition coefficient (Wildman–Crippen LogP) is 2.43. The van der Waals surface area contributed by atoms with E-state index in [1.165, 1.54) is 31.5 Å². The van der Waals surface area contributed by atoms with Crippen LogP contribution in [0.1, 0.15) is 37.2 Å². The lowest BCUT2D eigenvalue weighted by molar-refractivity contribution is -0.141. The van der Waals surface area contributed by atoms with Crippen molar-refractivity contribution in [3.63, 3.8) is 0 Å². The molecule has 0 saturated carbocycles. The van der Waals surface area contributed by atoms with E-state index in [4.69, 9.17) is 4.74 Å². The number of hydrogen-bond acceptors (Lipinski definition) is 4. The molecule has 152 valence electrons. The Labute approximate surface area is 168 Å². The van der Waals surface area contributed by atoms with Crippen molar-refractivity contribution in [3.05, 3.63) is 29.8 Å². The van der Waals surface area contributed by atoms with Gasteiger partial charge < -0.3 is 14.5 Å². The number of methoxy groups -OCH3 is 1. The number of ether oxygens (including phenoxy) is 1. The van der Waals surface area contributed by atoms with E-state index >= 15 is 0 Å². The lowest BCUT2D eigenvalue weighted by Gasteiger charge is -2.51. The Morgan fingerprint density at radius 1 is 0.964 bits per heavy atom. The summed E-state index contributed by atoms with van der Waals surface area (Å²) in [5, 5.41) is 0. The summed E-state index contributed by atoms with van der Waals surface area (Å²) in [5.41, 5.74) is 1.36. The molecule has 0 aromatic heterocycles. The summed E-state index contributed by atoms with van der Waals surface area (Å²) in [6.07, 6.45) is 4.55. The largest absolute Gasteiger partial charge is 0.497 e. The van der Waals surface area contributed by atoms with Crippen molar-refractivity contribution in [1.82, 2.24) is 14.7 Å². The van der Waals surface area contributed by atoms with Crippen molar-refractivity contribution < 1.29 is 9.53 Å². The van der Waals surface area contributed by atoms with Crippen LogP contribution >= 0.6 is 0 Å². The fourth-order valence-electron chi connectivity index (χ4n) is 6.31. The van der Waals surface area contributed by atoms with Gasteiger partial charge in [0.05, 0.1) is 13.2 Å². The van der Waals surface area contributed by atoms with Gasteiger partial charge in [0, 0.05) is 24.4 Å².